The zero-order valence-electron chi connectivity index (χ0n) is 12.4. The Hall–Kier alpha value is -1.02. The number of nitrogen functional groups attached to an aromatic ring is 1. The Bertz CT molecular complexity index is 358. The Morgan fingerprint density at radius 3 is 2.50 bits per heavy atom. The Morgan fingerprint density at radius 1 is 1.22 bits per heavy atom. The van der Waals surface area contributed by atoms with Gasteiger partial charge in [0.2, 0.25) is 0 Å². The van der Waals surface area contributed by atoms with Crippen LogP contribution in [0.25, 0.3) is 0 Å². The van der Waals surface area contributed by atoms with E-state index >= 15 is 0 Å². The van der Waals surface area contributed by atoms with Crippen molar-refractivity contribution in [2.75, 3.05) is 12.3 Å². The molecule has 0 fully saturated rings. The van der Waals surface area contributed by atoms with Crippen LogP contribution in [0.3, 0.4) is 0 Å². The minimum atomic E-state index is 0.597. The second-order valence-corrected chi connectivity index (χ2v) is 5.46. The molecule has 0 aliphatic carbocycles. The van der Waals surface area contributed by atoms with E-state index in [9.17, 15) is 0 Å². The average Bonchev–Trinajstić information content (AvgIpc) is 2.32. The maximum absolute atomic E-state index is 5.86. The molecule has 1 aromatic rings. The van der Waals surface area contributed by atoms with Gasteiger partial charge in [0.25, 0.3) is 0 Å². The molecule has 0 radical (unpaired) electrons. The van der Waals surface area contributed by atoms with Crippen molar-refractivity contribution in [3.05, 3.63) is 29.3 Å². The molecule has 0 aliphatic rings. The van der Waals surface area contributed by atoms with Crippen molar-refractivity contribution in [2.45, 2.75) is 59.5 Å². The van der Waals surface area contributed by atoms with Gasteiger partial charge in [0, 0.05) is 18.3 Å². The van der Waals surface area contributed by atoms with Crippen LogP contribution in [-0.2, 0) is 6.54 Å². The van der Waals surface area contributed by atoms with Gasteiger partial charge in [-0.1, -0.05) is 31.9 Å². The van der Waals surface area contributed by atoms with E-state index in [2.05, 4.69) is 44.7 Å². The highest BCUT2D eigenvalue weighted by molar-refractivity contribution is 5.47. The lowest BCUT2D eigenvalue weighted by Crippen LogP contribution is -2.31. The maximum Gasteiger partial charge on any atom is 0.0343 e. The second-order valence-electron chi connectivity index (χ2n) is 5.46. The highest BCUT2D eigenvalue weighted by Gasteiger charge is 2.10. The van der Waals surface area contributed by atoms with Crippen molar-refractivity contribution in [1.82, 2.24) is 4.90 Å². The van der Waals surface area contributed by atoms with Crippen LogP contribution in [0, 0.1) is 6.92 Å². The lowest BCUT2D eigenvalue weighted by Gasteiger charge is -2.26. The van der Waals surface area contributed by atoms with E-state index in [4.69, 9.17) is 5.73 Å². The van der Waals surface area contributed by atoms with Crippen molar-refractivity contribution in [2.24, 2.45) is 0 Å². The summed E-state index contributed by atoms with van der Waals surface area (Å²) in [7, 11) is 0. The first kappa shape index (κ1) is 15.0. The van der Waals surface area contributed by atoms with Crippen molar-refractivity contribution >= 4 is 5.69 Å². The standard InChI is InChI=1S/C16H28N2/c1-5-6-7-10-18(13(2)3)12-15-8-9-16(17)14(4)11-15/h8-9,11,13H,5-7,10,12,17H2,1-4H3. The highest BCUT2D eigenvalue weighted by Crippen LogP contribution is 2.16. The monoisotopic (exact) mass is 248 g/mol. The molecule has 2 N–H and O–H groups in total. The molecule has 0 saturated carbocycles. The van der Waals surface area contributed by atoms with E-state index in [1.807, 2.05) is 6.07 Å². The SMILES string of the molecule is CCCCCN(Cc1ccc(N)c(C)c1)C(C)C. The molecule has 2 nitrogen and oxygen atoms in total. The number of benzene rings is 1. The summed E-state index contributed by atoms with van der Waals surface area (Å²) in [6.45, 7) is 11.1. The van der Waals surface area contributed by atoms with Gasteiger partial charge in [0.1, 0.15) is 0 Å². The van der Waals surface area contributed by atoms with Crippen LogP contribution >= 0.6 is 0 Å². The first-order valence-corrected chi connectivity index (χ1v) is 7.13. The molecule has 1 aromatic carbocycles. The third-order valence-electron chi connectivity index (χ3n) is 3.50. The fraction of sp³-hybridized carbons (Fsp3) is 0.625. The van der Waals surface area contributed by atoms with Crippen molar-refractivity contribution in [1.29, 1.82) is 0 Å². The quantitative estimate of drug-likeness (QED) is 0.584. The zero-order chi connectivity index (χ0) is 13.5. The van der Waals surface area contributed by atoms with Crippen molar-refractivity contribution < 1.29 is 0 Å². The topological polar surface area (TPSA) is 29.3 Å². The summed E-state index contributed by atoms with van der Waals surface area (Å²) in [5.74, 6) is 0. The largest absolute Gasteiger partial charge is 0.399 e. The first-order valence-electron chi connectivity index (χ1n) is 7.13. The van der Waals surface area contributed by atoms with Gasteiger partial charge in [0.15, 0.2) is 0 Å². The minimum absolute atomic E-state index is 0.597. The van der Waals surface area contributed by atoms with Crippen LogP contribution < -0.4 is 5.73 Å². The number of nitrogens with zero attached hydrogens (tertiary/aromatic N) is 1. The van der Waals surface area contributed by atoms with Crippen molar-refractivity contribution in [3.8, 4) is 0 Å². The fourth-order valence-corrected chi connectivity index (χ4v) is 2.16. The molecular formula is C16H28N2. The molecule has 0 spiro atoms. The molecule has 0 aromatic heterocycles. The van der Waals surface area contributed by atoms with Crippen LogP contribution in [0.5, 0.6) is 0 Å². The molecule has 0 bridgehead atoms. The van der Waals surface area contributed by atoms with E-state index < -0.39 is 0 Å². The lowest BCUT2D eigenvalue weighted by molar-refractivity contribution is 0.208. The average molecular weight is 248 g/mol. The van der Waals surface area contributed by atoms with Crippen LogP contribution in [0.2, 0.25) is 0 Å². The molecule has 1 rings (SSSR count). The molecule has 18 heavy (non-hydrogen) atoms. The van der Waals surface area contributed by atoms with E-state index in [0.717, 1.165) is 12.2 Å². The summed E-state index contributed by atoms with van der Waals surface area (Å²) in [4.78, 5) is 2.54. The van der Waals surface area contributed by atoms with E-state index in [-0.39, 0.29) is 0 Å². The van der Waals surface area contributed by atoms with E-state index in [0.29, 0.717) is 6.04 Å². The van der Waals surface area contributed by atoms with Crippen LogP contribution in [0.4, 0.5) is 5.69 Å². The molecule has 0 aliphatic heterocycles. The van der Waals surface area contributed by atoms with E-state index in [1.54, 1.807) is 0 Å². The van der Waals surface area contributed by atoms with Crippen LogP contribution in [-0.4, -0.2) is 17.5 Å². The predicted octanol–water partition coefficient (Wildman–Crippen LogP) is 3.98. The Labute approximate surface area is 112 Å². The molecule has 102 valence electrons. The van der Waals surface area contributed by atoms with Crippen LogP contribution in [0.15, 0.2) is 18.2 Å². The van der Waals surface area contributed by atoms with E-state index in [1.165, 1.54) is 36.9 Å². The summed E-state index contributed by atoms with van der Waals surface area (Å²) in [5.41, 5.74) is 9.31. The number of hydrogen-bond donors (Lipinski definition) is 1. The second kappa shape index (κ2) is 7.42. The van der Waals surface area contributed by atoms with Gasteiger partial charge in [-0.05, 0) is 50.9 Å². The molecule has 0 atom stereocenters. The van der Waals surface area contributed by atoms with Crippen LogP contribution in [0.1, 0.15) is 51.2 Å². The molecule has 0 saturated heterocycles. The third kappa shape index (κ3) is 4.69. The highest BCUT2D eigenvalue weighted by atomic mass is 15.1. The van der Waals surface area contributed by atoms with Gasteiger partial charge >= 0.3 is 0 Å². The number of aryl methyl sites for hydroxylation is 1. The summed E-state index contributed by atoms with van der Waals surface area (Å²) in [6, 6.07) is 6.98. The third-order valence-corrected chi connectivity index (χ3v) is 3.50. The normalized spacial score (nSPS) is 11.4. The molecule has 0 amide bonds. The number of anilines is 1. The summed E-state index contributed by atoms with van der Waals surface area (Å²) in [5, 5.41) is 0. The maximum atomic E-state index is 5.86. The van der Waals surface area contributed by atoms with Crippen molar-refractivity contribution in [3.63, 3.8) is 0 Å². The minimum Gasteiger partial charge on any atom is -0.399 e. The molecule has 0 heterocycles. The van der Waals surface area contributed by atoms with Gasteiger partial charge in [0.05, 0.1) is 0 Å². The zero-order valence-corrected chi connectivity index (χ0v) is 12.4. The Kier molecular flexibility index (Phi) is 6.20. The summed E-state index contributed by atoms with van der Waals surface area (Å²) >= 11 is 0. The number of hydrogen-bond acceptors (Lipinski definition) is 2. The fourth-order valence-electron chi connectivity index (χ4n) is 2.16. The molecule has 2 heteroatoms. The lowest BCUT2D eigenvalue weighted by atomic mass is 10.1. The summed E-state index contributed by atoms with van der Waals surface area (Å²) in [6.07, 6.45) is 3.90. The molecular weight excluding hydrogens is 220 g/mol. The van der Waals surface area contributed by atoms with Gasteiger partial charge in [-0.3, -0.25) is 4.90 Å². The number of rotatable bonds is 7. The van der Waals surface area contributed by atoms with Gasteiger partial charge in [-0.2, -0.15) is 0 Å². The smallest absolute Gasteiger partial charge is 0.0343 e. The van der Waals surface area contributed by atoms with Gasteiger partial charge in [-0.25, -0.2) is 0 Å². The van der Waals surface area contributed by atoms with Gasteiger partial charge in [-0.15, -0.1) is 0 Å². The Balaban J connectivity index is 2.61. The number of unbranched alkanes of at least 4 members (excludes halogenated alkanes) is 2. The first-order chi connectivity index (χ1) is 8.54. The predicted molar refractivity (Wildman–Crippen MR) is 80.7 cm³/mol. The summed E-state index contributed by atoms with van der Waals surface area (Å²) < 4.78 is 0. The number of nitrogens with two attached hydrogens (primary N) is 1. The molecule has 0 unspecified atom stereocenters. The Morgan fingerprint density at radius 2 is 1.94 bits per heavy atom. The van der Waals surface area contributed by atoms with Gasteiger partial charge < -0.3 is 5.73 Å².